The molecule has 0 aromatic rings. The van der Waals surface area contributed by atoms with E-state index < -0.39 is 32.3 Å². The van der Waals surface area contributed by atoms with Crippen LogP contribution in [0, 0.1) is 5.92 Å². The van der Waals surface area contributed by atoms with Crippen molar-refractivity contribution in [3.05, 3.63) is 0 Å². The molecule has 156 valence electrons. The summed E-state index contributed by atoms with van der Waals surface area (Å²) in [5.74, 6) is -1.76. The second kappa shape index (κ2) is 8.59. The number of hydrogen-bond acceptors (Lipinski definition) is 7. The second-order valence-electron chi connectivity index (χ2n) is 8.49. The van der Waals surface area contributed by atoms with Gasteiger partial charge in [-0.05, 0) is 23.0 Å². The third kappa shape index (κ3) is 3.81. The lowest BCUT2D eigenvalue weighted by Crippen LogP contribution is -2.53. The number of hydroxylamine groups is 2. The van der Waals surface area contributed by atoms with Crippen LogP contribution in [0.1, 0.15) is 48.0 Å². The van der Waals surface area contributed by atoms with Crippen molar-refractivity contribution in [2.75, 3.05) is 20.8 Å². The van der Waals surface area contributed by atoms with Crippen molar-refractivity contribution in [1.29, 1.82) is 0 Å². The summed E-state index contributed by atoms with van der Waals surface area (Å²) in [4.78, 5) is 30.5. The van der Waals surface area contributed by atoms with Crippen molar-refractivity contribution in [3.63, 3.8) is 0 Å². The van der Waals surface area contributed by atoms with E-state index in [1.807, 2.05) is 0 Å². The summed E-state index contributed by atoms with van der Waals surface area (Å²) in [6.07, 6.45) is -0.373. The monoisotopic (exact) mass is 401 g/mol. The van der Waals surface area contributed by atoms with Crippen molar-refractivity contribution >= 4 is 20.3 Å². The van der Waals surface area contributed by atoms with Crippen LogP contribution in [0.2, 0.25) is 16.6 Å². The summed E-state index contributed by atoms with van der Waals surface area (Å²) < 4.78 is 16.8. The minimum absolute atomic E-state index is 0.164. The quantitative estimate of drug-likeness (QED) is 0.480. The standard InChI is InChI=1S/C19H35NO6Si/c1-11(2)27(12(3)4,13(5)6)26-14-9-10-20-16(14)15(18(21)23-7)17(25-20)19(22)24-8/h11-17H,9-10H2,1-8H3/t14-,15+,16+,17-/m0/s1. The van der Waals surface area contributed by atoms with E-state index in [0.717, 1.165) is 6.42 Å². The van der Waals surface area contributed by atoms with E-state index in [1.54, 1.807) is 5.06 Å². The van der Waals surface area contributed by atoms with Gasteiger partial charge in [-0.3, -0.25) is 9.63 Å². The SMILES string of the molecule is COC(=O)[C@@H]1[C@H]2[C@@H](O[Si](C(C)C)(C(C)C)C(C)C)CCN2O[C@@H]1C(=O)OC. The maximum Gasteiger partial charge on any atom is 0.338 e. The number of nitrogens with zero attached hydrogens (tertiary/aromatic N) is 1. The molecule has 0 spiro atoms. The zero-order chi connectivity index (χ0) is 20.5. The first-order valence-electron chi connectivity index (χ1n) is 9.88. The van der Waals surface area contributed by atoms with Gasteiger partial charge in [0.25, 0.3) is 0 Å². The Hall–Kier alpha value is -0.963. The van der Waals surface area contributed by atoms with Crippen molar-refractivity contribution in [1.82, 2.24) is 5.06 Å². The Labute approximate surface area is 163 Å². The van der Waals surface area contributed by atoms with Crippen molar-refractivity contribution in [2.45, 2.75) is 82.8 Å². The average molecular weight is 402 g/mol. The molecule has 2 saturated heterocycles. The second-order valence-corrected chi connectivity index (χ2v) is 13.9. The van der Waals surface area contributed by atoms with Crippen LogP contribution in [0.3, 0.4) is 0 Å². The molecule has 0 amide bonds. The normalized spacial score (nSPS) is 28.9. The van der Waals surface area contributed by atoms with E-state index in [1.165, 1.54) is 14.2 Å². The highest BCUT2D eigenvalue weighted by molar-refractivity contribution is 6.77. The van der Waals surface area contributed by atoms with Gasteiger partial charge in [0.05, 0.1) is 26.4 Å². The predicted octanol–water partition coefficient (Wildman–Crippen LogP) is 2.90. The van der Waals surface area contributed by atoms with Gasteiger partial charge in [-0.25, -0.2) is 4.79 Å². The molecule has 2 heterocycles. The summed E-state index contributed by atoms with van der Waals surface area (Å²) in [6.45, 7) is 14.0. The number of ether oxygens (including phenoxy) is 2. The molecule has 0 aromatic carbocycles. The molecule has 0 unspecified atom stereocenters. The summed E-state index contributed by atoms with van der Waals surface area (Å²) in [5, 5.41) is 1.73. The van der Waals surface area contributed by atoms with Crippen molar-refractivity contribution < 1.29 is 28.3 Å². The first-order chi connectivity index (χ1) is 12.6. The molecule has 0 aromatic heterocycles. The van der Waals surface area contributed by atoms with Crippen LogP contribution in [-0.4, -0.2) is 64.3 Å². The maximum atomic E-state index is 12.5. The van der Waals surface area contributed by atoms with Crippen LogP contribution in [0.25, 0.3) is 0 Å². The minimum atomic E-state index is -2.14. The highest BCUT2D eigenvalue weighted by Crippen LogP contribution is 2.47. The molecule has 0 N–H and O–H groups in total. The van der Waals surface area contributed by atoms with Gasteiger partial charge in [-0.1, -0.05) is 41.5 Å². The fourth-order valence-corrected chi connectivity index (χ4v) is 10.8. The van der Waals surface area contributed by atoms with Gasteiger partial charge in [-0.2, -0.15) is 5.06 Å². The Morgan fingerprint density at radius 2 is 1.48 bits per heavy atom. The van der Waals surface area contributed by atoms with Crippen LogP contribution in [0.4, 0.5) is 0 Å². The van der Waals surface area contributed by atoms with E-state index in [4.69, 9.17) is 18.7 Å². The van der Waals surface area contributed by atoms with Crippen LogP contribution in [-0.2, 0) is 28.3 Å². The molecule has 8 heteroatoms. The molecule has 2 fully saturated rings. The van der Waals surface area contributed by atoms with Gasteiger partial charge in [0.2, 0.25) is 8.32 Å². The first-order valence-corrected chi connectivity index (χ1v) is 12.0. The molecule has 0 radical (unpaired) electrons. The van der Waals surface area contributed by atoms with Gasteiger partial charge in [0, 0.05) is 6.54 Å². The van der Waals surface area contributed by atoms with E-state index in [9.17, 15) is 9.59 Å². The molecule has 0 saturated carbocycles. The molecule has 4 atom stereocenters. The number of fused-ring (bicyclic) bond motifs is 1. The lowest BCUT2D eigenvalue weighted by Gasteiger charge is -2.45. The third-order valence-corrected chi connectivity index (χ3v) is 12.4. The van der Waals surface area contributed by atoms with Gasteiger partial charge in [0.15, 0.2) is 6.10 Å². The number of methoxy groups -OCH3 is 2. The average Bonchev–Trinajstić information content (AvgIpc) is 3.16. The summed E-state index contributed by atoms with van der Waals surface area (Å²) in [6, 6.07) is -0.329. The van der Waals surface area contributed by atoms with Crippen molar-refractivity contribution in [3.8, 4) is 0 Å². The molecule has 2 rings (SSSR count). The van der Waals surface area contributed by atoms with Crippen LogP contribution in [0.15, 0.2) is 0 Å². The van der Waals surface area contributed by atoms with E-state index in [0.29, 0.717) is 23.2 Å². The van der Waals surface area contributed by atoms with Gasteiger partial charge >= 0.3 is 11.9 Å². The van der Waals surface area contributed by atoms with E-state index in [-0.39, 0.29) is 12.1 Å². The highest BCUT2D eigenvalue weighted by atomic mass is 28.4. The number of carbonyl (C=O) groups excluding carboxylic acids is 2. The van der Waals surface area contributed by atoms with E-state index in [2.05, 4.69) is 41.5 Å². The molecule has 7 nitrogen and oxygen atoms in total. The van der Waals surface area contributed by atoms with Crippen LogP contribution in [0.5, 0.6) is 0 Å². The van der Waals surface area contributed by atoms with Crippen molar-refractivity contribution in [2.24, 2.45) is 5.92 Å². The smallest absolute Gasteiger partial charge is 0.338 e. The molecular formula is C19H35NO6Si. The lowest BCUT2D eigenvalue weighted by molar-refractivity contribution is -0.184. The Kier molecular flexibility index (Phi) is 7.10. The Balaban J connectivity index is 2.36. The zero-order valence-corrected chi connectivity index (χ0v) is 18.9. The molecule has 0 bridgehead atoms. The minimum Gasteiger partial charge on any atom is -0.469 e. The Morgan fingerprint density at radius 1 is 0.963 bits per heavy atom. The number of hydrogen-bond donors (Lipinski definition) is 0. The molecule has 0 aliphatic carbocycles. The fourth-order valence-electron chi connectivity index (χ4n) is 5.19. The number of carbonyl (C=O) groups is 2. The molecule has 2 aliphatic rings. The molecule has 2 aliphatic heterocycles. The van der Waals surface area contributed by atoms with Gasteiger partial charge in [-0.15, -0.1) is 0 Å². The third-order valence-electron chi connectivity index (χ3n) is 6.26. The van der Waals surface area contributed by atoms with Gasteiger partial charge in [0.1, 0.15) is 5.92 Å². The lowest BCUT2D eigenvalue weighted by atomic mass is 9.92. The Bertz CT molecular complexity index is 531. The molecular weight excluding hydrogens is 366 g/mol. The largest absolute Gasteiger partial charge is 0.469 e. The number of rotatable bonds is 7. The molecule has 27 heavy (non-hydrogen) atoms. The summed E-state index contributed by atoms with van der Waals surface area (Å²) in [5.41, 5.74) is 1.30. The number of esters is 2. The Morgan fingerprint density at radius 3 is 1.93 bits per heavy atom. The predicted molar refractivity (Wildman–Crippen MR) is 103 cm³/mol. The van der Waals surface area contributed by atoms with Gasteiger partial charge < -0.3 is 13.9 Å². The maximum absolute atomic E-state index is 12.5. The van der Waals surface area contributed by atoms with E-state index >= 15 is 0 Å². The highest BCUT2D eigenvalue weighted by Gasteiger charge is 2.59. The van der Waals surface area contributed by atoms with Crippen LogP contribution < -0.4 is 0 Å². The summed E-state index contributed by atoms with van der Waals surface area (Å²) >= 11 is 0. The summed E-state index contributed by atoms with van der Waals surface area (Å²) in [7, 11) is 0.495. The fraction of sp³-hybridized carbons (Fsp3) is 0.895. The van der Waals surface area contributed by atoms with Crippen LogP contribution >= 0.6 is 0 Å². The topological polar surface area (TPSA) is 74.3 Å². The first kappa shape index (κ1) is 22.3. The zero-order valence-electron chi connectivity index (χ0n) is 17.9.